The predicted molar refractivity (Wildman–Crippen MR) is 43.6 cm³/mol. The Morgan fingerprint density at radius 1 is 1.60 bits per heavy atom. The quantitative estimate of drug-likeness (QED) is 0.522. The highest BCUT2D eigenvalue weighted by Crippen LogP contribution is 2.02. The lowest BCUT2D eigenvalue weighted by atomic mass is 10.2. The summed E-state index contributed by atoms with van der Waals surface area (Å²) in [5.74, 6) is -0.0718. The van der Waals surface area contributed by atoms with E-state index in [0.717, 1.165) is 0 Å². The van der Waals surface area contributed by atoms with Crippen LogP contribution in [-0.2, 0) is 4.79 Å². The Morgan fingerprint density at radius 2 is 2.30 bits per heavy atom. The maximum atomic E-state index is 10.9. The molecule has 52 valence electrons. The minimum Gasteiger partial charge on any atom is -0.402 e. The van der Waals surface area contributed by atoms with E-state index in [9.17, 15) is 4.79 Å². The second-order valence-corrected chi connectivity index (χ2v) is 2.50. The highest BCUT2D eigenvalue weighted by Gasteiger charge is 2.08. The van der Waals surface area contributed by atoms with Gasteiger partial charge in [0.2, 0.25) is 0 Å². The summed E-state index contributed by atoms with van der Waals surface area (Å²) in [5.41, 5.74) is 5.99. The van der Waals surface area contributed by atoms with E-state index < -0.39 is 0 Å². The molecule has 0 saturated carbocycles. The van der Waals surface area contributed by atoms with E-state index in [2.05, 4.69) is 0 Å². The number of carbonyl (C=O) groups excluding carboxylic acids is 1. The van der Waals surface area contributed by atoms with Crippen molar-refractivity contribution in [1.82, 2.24) is 0 Å². The molecule has 0 amide bonds. The van der Waals surface area contributed by atoms with Gasteiger partial charge in [0.15, 0.2) is 5.78 Å². The third-order valence-corrected chi connectivity index (χ3v) is 1.56. The molecule has 0 aromatic carbocycles. The van der Waals surface area contributed by atoms with E-state index in [4.69, 9.17) is 18.0 Å². The van der Waals surface area contributed by atoms with Crippen LogP contribution in [0.2, 0.25) is 0 Å². The lowest BCUT2D eigenvalue weighted by Gasteiger charge is -1.93. The van der Waals surface area contributed by atoms with Gasteiger partial charge in [-0.15, -0.1) is 0 Å². The molecule has 1 rings (SSSR count). The fraction of sp³-hybridized carbons (Fsp3) is 0.143. The van der Waals surface area contributed by atoms with Crippen LogP contribution in [0.1, 0.15) is 6.42 Å². The van der Waals surface area contributed by atoms with Gasteiger partial charge in [-0.2, -0.15) is 0 Å². The Bertz CT molecular complexity index is 240. The van der Waals surface area contributed by atoms with Crippen LogP contribution in [0.15, 0.2) is 23.9 Å². The number of nitrogens with two attached hydrogens (primary N) is 1. The normalized spacial score (nSPS) is 18.6. The fourth-order valence-corrected chi connectivity index (χ4v) is 0.834. The van der Waals surface area contributed by atoms with Gasteiger partial charge in [-0.25, -0.2) is 0 Å². The first-order valence-corrected chi connectivity index (χ1v) is 3.31. The van der Waals surface area contributed by atoms with E-state index >= 15 is 0 Å². The molecule has 1 aliphatic rings. The van der Waals surface area contributed by atoms with Crippen LogP contribution in [0.4, 0.5) is 0 Å². The second kappa shape index (κ2) is 2.75. The summed E-state index contributed by atoms with van der Waals surface area (Å²) in [6.07, 6.45) is 5.24. The van der Waals surface area contributed by atoms with Crippen molar-refractivity contribution < 1.29 is 4.79 Å². The van der Waals surface area contributed by atoms with E-state index in [1.165, 1.54) is 0 Å². The van der Waals surface area contributed by atoms with Gasteiger partial charge >= 0.3 is 0 Å². The lowest BCUT2D eigenvalue weighted by molar-refractivity contribution is -0.112. The molecular formula is C7H7NOS. The van der Waals surface area contributed by atoms with Crippen molar-refractivity contribution >= 4 is 22.9 Å². The third kappa shape index (κ3) is 1.51. The summed E-state index contributed by atoms with van der Waals surface area (Å²) in [7, 11) is 0. The molecule has 0 unspecified atom stereocenters. The van der Waals surface area contributed by atoms with Crippen molar-refractivity contribution in [1.29, 1.82) is 0 Å². The fourth-order valence-electron chi connectivity index (χ4n) is 0.683. The number of Topliss-reactive ketones (excluding diaryl/α,β-unsaturated/α-hetero) is 1. The van der Waals surface area contributed by atoms with Gasteiger partial charge in [0, 0.05) is 5.70 Å². The smallest absolute Gasteiger partial charge is 0.179 e. The van der Waals surface area contributed by atoms with Crippen LogP contribution in [0.3, 0.4) is 0 Å². The molecular weight excluding hydrogens is 146 g/mol. The lowest BCUT2D eigenvalue weighted by Crippen LogP contribution is -2.10. The van der Waals surface area contributed by atoms with Crippen molar-refractivity contribution in [3.05, 3.63) is 23.9 Å². The number of allylic oxidation sites excluding steroid dienone is 4. The monoisotopic (exact) mass is 153 g/mol. The van der Waals surface area contributed by atoms with Crippen LogP contribution in [-0.4, -0.2) is 10.6 Å². The van der Waals surface area contributed by atoms with Gasteiger partial charge in [0.05, 0.1) is 11.3 Å². The average molecular weight is 153 g/mol. The minimum absolute atomic E-state index is 0.0718. The molecule has 0 aromatic rings. The molecule has 0 radical (unpaired) electrons. The summed E-state index contributed by atoms with van der Waals surface area (Å²) in [6.45, 7) is 0. The molecule has 0 saturated heterocycles. The highest BCUT2D eigenvalue weighted by atomic mass is 32.1. The molecule has 0 spiro atoms. The van der Waals surface area contributed by atoms with Crippen molar-refractivity contribution in [2.45, 2.75) is 6.42 Å². The molecule has 2 nitrogen and oxygen atoms in total. The van der Waals surface area contributed by atoms with Crippen molar-refractivity contribution in [3.8, 4) is 0 Å². The van der Waals surface area contributed by atoms with Crippen LogP contribution >= 0.6 is 12.2 Å². The largest absolute Gasteiger partial charge is 0.402 e. The van der Waals surface area contributed by atoms with E-state index in [-0.39, 0.29) is 12.2 Å². The number of ketones is 1. The Hall–Kier alpha value is -0.960. The first-order valence-electron chi connectivity index (χ1n) is 2.90. The Labute approximate surface area is 64.4 Å². The maximum absolute atomic E-state index is 10.9. The van der Waals surface area contributed by atoms with Gasteiger partial charge in [-0.1, -0.05) is 18.3 Å². The van der Waals surface area contributed by atoms with Gasteiger partial charge in [0.25, 0.3) is 0 Å². The minimum atomic E-state index is -0.0718. The topological polar surface area (TPSA) is 43.1 Å². The molecule has 0 bridgehead atoms. The van der Waals surface area contributed by atoms with Crippen LogP contribution in [0, 0.1) is 0 Å². The second-order valence-electron chi connectivity index (χ2n) is 2.06. The van der Waals surface area contributed by atoms with Gasteiger partial charge in [0.1, 0.15) is 0 Å². The number of hydrogen-bond donors (Lipinski definition) is 1. The average Bonchev–Trinajstić information content (AvgIpc) is 1.96. The molecule has 0 fully saturated rings. The maximum Gasteiger partial charge on any atom is 0.179 e. The van der Waals surface area contributed by atoms with E-state index in [1.807, 2.05) is 0 Å². The first kappa shape index (κ1) is 7.15. The predicted octanol–water partition coefficient (Wildman–Crippen LogP) is 0.728. The summed E-state index contributed by atoms with van der Waals surface area (Å²) in [6, 6.07) is 0. The van der Waals surface area contributed by atoms with E-state index in [1.54, 1.807) is 18.2 Å². The molecule has 0 aliphatic heterocycles. The standard InChI is InChI=1S/C7H7NOS/c8-5-2-1-3-7(10)6(9)4-5/h1-3H,4,8H2. The molecule has 10 heavy (non-hydrogen) atoms. The molecule has 1 aliphatic carbocycles. The van der Waals surface area contributed by atoms with Crippen LogP contribution in [0.5, 0.6) is 0 Å². The summed E-state index contributed by atoms with van der Waals surface area (Å²) in [4.78, 5) is 11.3. The van der Waals surface area contributed by atoms with Crippen molar-refractivity contribution in [2.24, 2.45) is 5.73 Å². The number of rotatable bonds is 0. The van der Waals surface area contributed by atoms with Crippen molar-refractivity contribution in [3.63, 3.8) is 0 Å². The molecule has 2 N–H and O–H groups in total. The Balaban J connectivity index is 2.86. The number of thiocarbonyl (C=S) groups is 1. The number of carbonyl (C=O) groups is 1. The van der Waals surface area contributed by atoms with Gasteiger partial charge in [-0.3, -0.25) is 4.79 Å². The summed E-state index contributed by atoms with van der Waals surface area (Å²) in [5, 5.41) is 0. The molecule has 0 aromatic heterocycles. The highest BCUT2D eigenvalue weighted by molar-refractivity contribution is 7.82. The zero-order valence-electron chi connectivity index (χ0n) is 5.33. The summed E-state index contributed by atoms with van der Waals surface area (Å²) >= 11 is 4.74. The van der Waals surface area contributed by atoms with E-state index in [0.29, 0.717) is 10.6 Å². The SMILES string of the molecule is NC1=CC=CC(=S)C(=O)C1. The Kier molecular flexibility index (Phi) is 1.97. The number of hydrogen-bond acceptors (Lipinski definition) is 3. The van der Waals surface area contributed by atoms with Gasteiger partial charge < -0.3 is 5.73 Å². The van der Waals surface area contributed by atoms with Crippen molar-refractivity contribution in [2.75, 3.05) is 0 Å². The first-order chi connectivity index (χ1) is 4.70. The summed E-state index contributed by atoms with van der Waals surface area (Å²) < 4.78 is 0. The zero-order valence-corrected chi connectivity index (χ0v) is 6.15. The van der Waals surface area contributed by atoms with Crippen LogP contribution < -0.4 is 5.73 Å². The zero-order chi connectivity index (χ0) is 7.56. The molecule has 0 heterocycles. The molecule has 3 heteroatoms. The van der Waals surface area contributed by atoms with Crippen LogP contribution in [0.25, 0.3) is 0 Å². The van der Waals surface area contributed by atoms with Gasteiger partial charge in [-0.05, 0) is 12.2 Å². The Morgan fingerprint density at radius 3 is 3.00 bits per heavy atom. The third-order valence-electron chi connectivity index (χ3n) is 1.20. The molecule has 0 atom stereocenters.